The van der Waals surface area contributed by atoms with Crippen LogP contribution in [0.15, 0.2) is 54.6 Å². The molecule has 152 valence electrons. The van der Waals surface area contributed by atoms with Crippen LogP contribution in [0.5, 0.6) is 0 Å². The Bertz CT molecular complexity index is 896. The summed E-state index contributed by atoms with van der Waals surface area (Å²) in [6.07, 6.45) is 0. The van der Waals surface area contributed by atoms with Gasteiger partial charge in [0.25, 0.3) is 0 Å². The second-order valence-electron chi connectivity index (χ2n) is 8.69. The Morgan fingerprint density at radius 2 is 1.76 bits per heavy atom. The first-order valence-corrected chi connectivity index (χ1v) is 9.86. The first kappa shape index (κ1) is 21.0. The maximum atomic E-state index is 13.3. The number of ether oxygens (including phenoxy) is 1. The van der Waals surface area contributed by atoms with Crippen molar-refractivity contribution in [1.29, 1.82) is 5.26 Å². The van der Waals surface area contributed by atoms with E-state index in [9.17, 15) is 15.2 Å². The lowest BCUT2D eigenvalue weighted by Crippen LogP contribution is -2.53. The van der Waals surface area contributed by atoms with Gasteiger partial charge in [-0.15, -0.1) is 0 Å². The van der Waals surface area contributed by atoms with E-state index in [0.717, 1.165) is 16.7 Å². The van der Waals surface area contributed by atoms with E-state index < -0.39 is 23.0 Å². The number of nitriles is 1. The predicted molar refractivity (Wildman–Crippen MR) is 111 cm³/mol. The van der Waals surface area contributed by atoms with Crippen LogP contribution in [0.25, 0.3) is 0 Å². The maximum absolute atomic E-state index is 13.3. The summed E-state index contributed by atoms with van der Waals surface area (Å²) in [6, 6.07) is 19.2. The molecule has 1 fully saturated rings. The van der Waals surface area contributed by atoms with Gasteiger partial charge in [0, 0.05) is 24.5 Å². The SMILES string of the molecule is Cc1ccc([C@@H]2[C@@H](CO)[C@@H](c3ccccc3)N[C@@]2(C#N)C(=O)OC(C)(C)C)cc1. The summed E-state index contributed by atoms with van der Waals surface area (Å²) in [6.45, 7) is 7.16. The first-order chi connectivity index (χ1) is 13.7. The van der Waals surface area contributed by atoms with Crippen LogP contribution in [-0.4, -0.2) is 28.8 Å². The fraction of sp³-hybridized carbons (Fsp3) is 0.417. The molecule has 5 heteroatoms. The largest absolute Gasteiger partial charge is 0.458 e. The van der Waals surface area contributed by atoms with Crippen molar-refractivity contribution in [2.24, 2.45) is 5.92 Å². The molecule has 0 aromatic heterocycles. The molecule has 1 aliphatic heterocycles. The van der Waals surface area contributed by atoms with Crippen LogP contribution in [0.4, 0.5) is 0 Å². The number of benzene rings is 2. The van der Waals surface area contributed by atoms with E-state index in [1.165, 1.54) is 0 Å². The molecule has 2 aromatic carbocycles. The van der Waals surface area contributed by atoms with Crippen molar-refractivity contribution in [3.05, 3.63) is 71.3 Å². The minimum atomic E-state index is -1.60. The lowest BCUT2D eigenvalue weighted by Gasteiger charge is -2.32. The molecule has 0 radical (unpaired) electrons. The molecule has 0 aliphatic carbocycles. The van der Waals surface area contributed by atoms with Crippen LogP contribution in [0.2, 0.25) is 0 Å². The van der Waals surface area contributed by atoms with Crippen molar-refractivity contribution < 1.29 is 14.6 Å². The third kappa shape index (κ3) is 4.05. The predicted octanol–water partition coefficient (Wildman–Crippen LogP) is 3.64. The Balaban J connectivity index is 2.15. The smallest absolute Gasteiger partial charge is 0.342 e. The molecule has 0 spiro atoms. The molecule has 0 saturated carbocycles. The molecule has 1 aliphatic rings. The summed E-state index contributed by atoms with van der Waals surface area (Å²) < 4.78 is 5.66. The molecule has 0 bridgehead atoms. The number of hydrogen-bond donors (Lipinski definition) is 2. The zero-order valence-electron chi connectivity index (χ0n) is 17.3. The Morgan fingerprint density at radius 3 is 2.28 bits per heavy atom. The van der Waals surface area contributed by atoms with E-state index in [4.69, 9.17) is 4.74 Å². The number of carbonyl (C=O) groups is 1. The number of rotatable bonds is 4. The Labute approximate surface area is 172 Å². The third-order valence-electron chi connectivity index (χ3n) is 5.41. The molecule has 5 nitrogen and oxygen atoms in total. The monoisotopic (exact) mass is 392 g/mol. The molecule has 0 amide bonds. The number of nitrogens with one attached hydrogen (secondary N) is 1. The fourth-order valence-corrected chi connectivity index (χ4v) is 4.12. The number of esters is 1. The normalized spacial score (nSPS) is 26.7. The van der Waals surface area contributed by atoms with Crippen molar-refractivity contribution >= 4 is 5.97 Å². The molecule has 29 heavy (non-hydrogen) atoms. The number of aliphatic hydroxyl groups is 1. The number of aryl methyl sites for hydroxylation is 1. The lowest BCUT2D eigenvalue weighted by molar-refractivity contribution is -0.160. The van der Waals surface area contributed by atoms with Crippen molar-refractivity contribution in [1.82, 2.24) is 5.32 Å². The van der Waals surface area contributed by atoms with Crippen LogP contribution in [-0.2, 0) is 9.53 Å². The third-order valence-corrected chi connectivity index (χ3v) is 5.41. The number of carbonyl (C=O) groups excluding carboxylic acids is 1. The molecule has 3 rings (SSSR count). The van der Waals surface area contributed by atoms with Gasteiger partial charge in [0.05, 0.1) is 6.07 Å². The summed E-state index contributed by atoms with van der Waals surface area (Å²) in [5.74, 6) is -1.54. The molecule has 0 unspecified atom stereocenters. The zero-order chi connectivity index (χ0) is 21.2. The van der Waals surface area contributed by atoms with Crippen LogP contribution < -0.4 is 5.32 Å². The van der Waals surface area contributed by atoms with Gasteiger partial charge in [-0.05, 0) is 38.8 Å². The minimum Gasteiger partial charge on any atom is -0.458 e. The van der Waals surface area contributed by atoms with E-state index >= 15 is 0 Å². The Morgan fingerprint density at radius 1 is 1.14 bits per heavy atom. The summed E-state index contributed by atoms with van der Waals surface area (Å²) in [7, 11) is 0. The van der Waals surface area contributed by atoms with Gasteiger partial charge in [-0.25, -0.2) is 4.79 Å². The molecule has 2 aromatic rings. The topological polar surface area (TPSA) is 82.4 Å². The van der Waals surface area contributed by atoms with Gasteiger partial charge < -0.3 is 9.84 Å². The van der Waals surface area contributed by atoms with Crippen LogP contribution in [0.1, 0.15) is 49.4 Å². The Hall–Kier alpha value is -2.68. The molecule has 1 heterocycles. The summed E-state index contributed by atoms with van der Waals surface area (Å²) >= 11 is 0. The van der Waals surface area contributed by atoms with E-state index in [1.807, 2.05) is 61.5 Å². The molecule has 2 N–H and O–H groups in total. The van der Waals surface area contributed by atoms with Crippen molar-refractivity contribution in [2.75, 3.05) is 6.61 Å². The highest BCUT2D eigenvalue weighted by Gasteiger charge is 2.60. The molecule has 1 saturated heterocycles. The van der Waals surface area contributed by atoms with Crippen LogP contribution in [0.3, 0.4) is 0 Å². The average Bonchev–Trinajstić information content (AvgIpc) is 3.04. The number of aliphatic hydroxyl groups excluding tert-OH is 1. The summed E-state index contributed by atoms with van der Waals surface area (Å²) in [4.78, 5) is 13.3. The van der Waals surface area contributed by atoms with Gasteiger partial charge in [0.2, 0.25) is 5.54 Å². The second-order valence-corrected chi connectivity index (χ2v) is 8.69. The number of hydrogen-bond acceptors (Lipinski definition) is 5. The van der Waals surface area contributed by atoms with Gasteiger partial charge in [-0.2, -0.15) is 5.26 Å². The standard InChI is InChI=1S/C24H28N2O3/c1-16-10-12-17(13-11-16)20-19(14-27)21(18-8-6-5-7-9-18)26-24(20,15-25)22(28)29-23(2,3)4/h5-13,19-21,26-27H,14H2,1-4H3/t19-,20-,21-,24-/m1/s1. The maximum Gasteiger partial charge on any atom is 0.342 e. The lowest BCUT2D eigenvalue weighted by atomic mass is 9.74. The molecule has 4 atom stereocenters. The van der Waals surface area contributed by atoms with Gasteiger partial charge in [0.1, 0.15) is 5.60 Å². The van der Waals surface area contributed by atoms with E-state index in [1.54, 1.807) is 20.8 Å². The van der Waals surface area contributed by atoms with Crippen molar-refractivity contribution in [3.8, 4) is 6.07 Å². The second kappa shape index (κ2) is 7.98. The molecular formula is C24H28N2O3. The average molecular weight is 392 g/mol. The van der Waals surface area contributed by atoms with E-state index in [-0.39, 0.29) is 18.6 Å². The summed E-state index contributed by atoms with van der Waals surface area (Å²) in [5, 5.41) is 23.8. The van der Waals surface area contributed by atoms with Gasteiger partial charge >= 0.3 is 5.97 Å². The van der Waals surface area contributed by atoms with E-state index in [0.29, 0.717) is 0 Å². The van der Waals surface area contributed by atoms with Crippen LogP contribution >= 0.6 is 0 Å². The quantitative estimate of drug-likeness (QED) is 0.777. The van der Waals surface area contributed by atoms with E-state index in [2.05, 4.69) is 11.4 Å². The van der Waals surface area contributed by atoms with Crippen LogP contribution in [0, 0.1) is 24.2 Å². The van der Waals surface area contributed by atoms with Crippen molar-refractivity contribution in [2.45, 2.75) is 50.8 Å². The fourth-order valence-electron chi connectivity index (χ4n) is 4.12. The Kier molecular flexibility index (Phi) is 5.79. The van der Waals surface area contributed by atoms with Crippen molar-refractivity contribution in [3.63, 3.8) is 0 Å². The highest BCUT2D eigenvalue weighted by molar-refractivity contribution is 5.87. The van der Waals surface area contributed by atoms with Gasteiger partial charge in [-0.3, -0.25) is 5.32 Å². The zero-order valence-corrected chi connectivity index (χ0v) is 17.3. The van der Waals surface area contributed by atoms with Gasteiger partial charge in [0.15, 0.2) is 0 Å². The minimum absolute atomic E-state index is 0.169. The highest BCUT2D eigenvalue weighted by atomic mass is 16.6. The van der Waals surface area contributed by atoms with Gasteiger partial charge in [-0.1, -0.05) is 60.2 Å². The highest BCUT2D eigenvalue weighted by Crippen LogP contribution is 2.49. The molecular weight excluding hydrogens is 364 g/mol. The number of nitrogens with zero attached hydrogens (tertiary/aromatic N) is 1. The summed E-state index contributed by atoms with van der Waals surface area (Å²) in [5.41, 5.74) is 0.494. The first-order valence-electron chi connectivity index (χ1n) is 9.86.